The maximum absolute atomic E-state index is 14.0. The predicted molar refractivity (Wildman–Crippen MR) is 123 cm³/mol. The summed E-state index contributed by atoms with van der Waals surface area (Å²) in [4.78, 5) is 0.148. The highest BCUT2D eigenvalue weighted by Crippen LogP contribution is 2.30. The Balaban J connectivity index is 1.92. The molecule has 0 saturated heterocycles. The summed E-state index contributed by atoms with van der Waals surface area (Å²) in [6.45, 7) is 8.14. The summed E-state index contributed by atoms with van der Waals surface area (Å²) in [5.41, 5.74) is 4.99. The lowest BCUT2D eigenvalue weighted by Gasteiger charge is -2.26. The number of aromatic nitrogens is 3. The van der Waals surface area contributed by atoms with Gasteiger partial charge in [0.25, 0.3) is 10.0 Å². The van der Waals surface area contributed by atoms with Gasteiger partial charge in [-0.2, -0.15) is 0 Å². The smallest absolute Gasteiger partial charge is 0.268 e. The van der Waals surface area contributed by atoms with Gasteiger partial charge in [0, 0.05) is 12.6 Å². The zero-order valence-electron chi connectivity index (χ0n) is 18.2. The molecule has 0 N–H and O–H groups in total. The Kier molecular flexibility index (Phi) is 5.54. The first-order valence-electron chi connectivity index (χ1n) is 10.3. The second-order valence-electron chi connectivity index (χ2n) is 7.82. The summed E-state index contributed by atoms with van der Waals surface area (Å²) in [5.74, 6) is 0.726. The SMILES string of the molecule is CCc1nnc2c(S(=O)(=O)N(Cc3ccccc3C)c3cc(C)cc(C)c3)cccn12. The van der Waals surface area contributed by atoms with Gasteiger partial charge >= 0.3 is 0 Å². The maximum Gasteiger partial charge on any atom is 0.268 e. The molecular formula is C24H26N4O2S. The van der Waals surface area contributed by atoms with Crippen molar-refractivity contribution in [3.05, 3.63) is 88.9 Å². The van der Waals surface area contributed by atoms with Gasteiger partial charge in [-0.15, -0.1) is 10.2 Å². The molecule has 0 aliphatic heterocycles. The molecule has 0 fully saturated rings. The number of hydrogen-bond donors (Lipinski definition) is 0. The molecule has 0 amide bonds. The molecule has 2 aromatic heterocycles. The van der Waals surface area contributed by atoms with Crippen molar-refractivity contribution < 1.29 is 8.42 Å². The van der Waals surface area contributed by atoms with Crippen LogP contribution >= 0.6 is 0 Å². The highest BCUT2D eigenvalue weighted by atomic mass is 32.2. The molecule has 0 unspecified atom stereocenters. The molecule has 0 bridgehead atoms. The Labute approximate surface area is 183 Å². The van der Waals surface area contributed by atoms with Crippen LogP contribution in [0.4, 0.5) is 5.69 Å². The van der Waals surface area contributed by atoms with E-state index in [0.29, 0.717) is 17.8 Å². The molecule has 0 atom stereocenters. The molecule has 4 rings (SSSR count). The van der Waals surface area contributed by atoms with Crippen molar-refractivity contribution in [2.24, 2.45) is 0 Å². The van der Waals surface area contributed by atoms with Crippen LogP contribution in [0.3, 0.4) is 0 Å². The number of anilines is 1. The van der Waals surface area contributed by atoms with Gasteiger partial charge in [0.1, 0.15) is 10.7 Å². The Morgan fingerprint density at radius 1 is 0.935 bits per heavy atom. The summed E-state index contributed by atoms with van der Waals surface area (Å²) >= 11 is 0. The Morgan fingerprint density at radius 2 is 1.65 bits per heavy atom. The van der Waals surface area contributed by atoms with E-state index in [9.17, 15) is 8.42 Å². The molecular weight excluding hydrogens is 408 g/mol. The van der Waals surface area contributed by atoms with Gasteiger partial charge in [0.2, 0.25) is 0 Å². The fraction of sp³-hybridized carbons (Fsp3) is 0.250. The largest absolute Gasteiger partial charge is 0.285 e. The van der Waals surface area contributed by atoms with Crippen molar-refractivity contribution in [1.82, 2.24) is 14.6 Å². The van der Waals surface area contributed by atoms with E-state index in [1.54, 1.807) is 22.7 Å². The van der Waals surface area contributed by atoms with Crippen LogP contribution in [-0.2, 0) is 23.0 Å². The predicted octanol–water partition coefficient (Wildman–Crippen LogP) is 4.61. The normalized spacial score (nSPS) is 11.7. The van der Waals surface area contributed by atoms with E-state index in [4.69, 9.17) is 0 Å². The number of pyridine rings is 1. The van der Waals surface area contributed by atoms with Crippen LogP contribution in [0.15, 0.2) is 65.7 Å². The summed E-state index contributed by atoms with van der Waals surface area (Å²) in [6, 6.07) is 17.0. The van der Waals surface area contributed by atoms with E-state index in [0.717, 1.165) is 28.1 Å². The van der Waals surface area contributed by atoms with Crippen molar-refractivity contribution in [3.63, 3.8) is 0 Å². The minimum Gasteiger partial charge on any atom is -0.285 e. The van der Waals surface area contributed by atoms with E-state index in [1.165, 1.54) is 4.31 Å². The average molecular weight is 435 g/mol. The van der Waals surface area contributed by atoms with Gasteiger partial charge in [0.15, 0.2) is 5.65 Å². The van der Waals surface area contributed by atoms with Crippen LogP contribution in [0.1, 0.15) is 35.0 Å². The Hall–Kier alpha value is -3.19. The standard InChI is InChI=1S/C24H26N4O2S/c1-5-23-25-26-24-22(11-8-12-27(23)24)31(29,30)28(16-20-10-7-6-9-19(20)4)21-14-17(2)13-18(3)15-21/h6-15H,5,16H2,1-4H3. The minimum atomic E-state index is -3.91. The van der Waals surface area contributed by atoms with Gasteiger partial charge in [-0.3, -0.25) is 8.71 Å². The van der Waals surface area contributed by atoms with E-state index in [1.807, 2.05) is 70.2 Å². The molecule has 0 aliphatic rings. The molecule has 0 radical (unpaired) electrons. The van der Waals surface area contributed by atoms with Crippen LogP contribution < -0.4 is 4.31 Å². The van der Waals surface area contributed by atoms with Crippen molar-refractivity contribution in [3.8, 4) is 0 Å². The summed E-state index contributed by atoms with van der Waals surface area (Å²) in [7, 11) is -3.91. The zero-order valence-corrected chi connectivity index (χ0v) is 19.0. The van der Waals surface area contributed by atoms with E-state index < -0.39 is 10.0 Å². The first-order valence-corrected chi connectivity index (χ1v) is 11.7. The molecule has 6 nitrogen and oxygen atoms in total. The lowest BCUT2D eigenvalue weighted by molar-refractivity contribution is 0.590. The monoisotopic (exact) mass is 434 g/mol. The number of benzene rings is 2. The molecule has 7 heteroatoms. The van der Waals surface area contributed by atoms with Crippen LogP contribution in [0.2, 0.25) is 0 Å². The maximum atomic E-state index is 14.0. The summed E-state index contributed by atoms with van der Waals surface area (Å²) in [6.07, 6.45) is 2.46. The highest BCUT2D eigenvalue weighted by Gasteiger charge is 2.29. The number of nitrogens with zero attached hydrogens (tertiary/aromatic N) is 4. The average Bonchev–Trinajstić information content (AvgIpc) is 3.15. The molecule has 2 heterocycles. The molecule has 160 valence electrons. The van der Waals surface area contributed by atoms with E-state index in [2.05, 4.69) is 10.2 Å². The minimum absolute atomic E-state index is 0.148. The Bertz CT molecular complexity index is 1340. The first kappa shape index (κ1) is 21.1. The highest BCUT2D eigenvalue weighted by molar-refractivity contribution is 7.93. The molecule has 31 heavy (non-hydrogen) atoms. The number of sulfonamides is 1. The van der Waals surface area contributed by atoms with Gasteiger partial charge in [-0.05, 0) is 67.3 Å². The summed E-state index contributed by atoms with van der Waals surface area (Å²) in [5, 5.41) is 8.38. The van der Waals surface area contributed by atoms with Crippen LogP contribution in [0.25, 0.3) is 5.65 Å². The quantitative estimate of drug-likeness (QED) is 0.444. The number of hydrogen-bond acceptors (Lipinski definition) is 4. The van der Waals surface area contributed by atoms with Crippen LogP contribution in [0.5, 0.6) is 0 Å². The molecule has 0 spiro atoms. The second kappa shape index (κ2) is 8.15. The molecule has 4 aromatic rings. The van der Waals surface area contributed by atoms with Crippen molar-refractivity contribution >= 4 is 21.4 Å². The Morgan fingerprint density at radius 3 is 2.32 bits per heavy atom. The van der Waals surface area contributed by atoms with E-state index in [-0.39, 0.29) is 11.4 Å². The van der Waals surface area contributed by atoms with Gasteiger partial charge in [-0.1, -0.05) is 37.3 Å². The second-order valence-corrected chi connectivity index (χ2v) is 9.65. The number of rotatable bonds is 6. The third-order valence-electron chi connectivity index (χ3n) is 5.42. The van der Waals surface area contributed by atoms with Crippen LogP contribution in [-0.4, -0.2) is 23.0 Å². The van der Waals surface area contributed by atoms with Crippen molar-refractivity contribution in [2.75, 3.05) is 4.31 Å². The van der Waals surface area contributed by atoms with Gasteiger partial charge in [0.05, 0.1) is 12.2 Å². The fourth-order valence-corrected chi connectivity index (χ4v) is 5.40. The van der Waals surface area contributed by atoms with Crippen molar-refractivity contribution in [2.45, 2.75) is 45.6 Å². The van der Waals surface area contributed by atoms with Crippen molar-refractivity contribution in [1.29, 1.82) is 0 Å². The lowest BCUT2D eigenvalue weighted by Crippen LogP contribution is -2.31. The zero-order chi connectivity index (χ0) is 22.2. The molecule has 0 saturated carbocycles. The summed E-state index contributed by atoms with van der Waals surface area (Å²) < 4.78 is 31.3. The van der Waals surface area contributed by atoms with Gasteiger partial charge < -0.3 is 0 Å². The number of aryl methyl sites for hydroxylation is 4. The first-order chi connectivity index (χ1) is 14.8. The number of fused-ring (bicyclic) bond motifs is 1. The van der Waals surface area contributed by atoms with Gasteiger partial charge in [-0.25, -0.2) is 8.42 Å². The third kappa shape index (κ3) is 3.93. The molecule has 0 aliphatic carbocycles. The van der Waals surface area contributed by atoms with E-state index >= 15 is 0 Å². The lowest BCUT2D eigenvalue weighted by atomic mass is 10.1. The topological polar surface area (TPSA) is 67.6 Å². The van der Waals surface area contributed by atoms with Crippen LogP contribution in [0, 0.1) is 20.8 Å². The third-order valence-corrected chi connectivity index (χ3v) is 7.22. The molecule has 2 aromatic carbocycles. The fourth-order valence-electron chi connectivity index (χ4n) is 3.85.